The van der Waals surface area contributed by atoms with Gasteiger partial charge in [-0.15, -0.1) is 0 Å². The van der Waals surface area contributed by atoms with Crippen LogP contribution in [0.2, 0.25) is 0 Å². The van der Waals surface area contributed by atoms with E-state index in [0.717, 1.165) is 36.2 Å². The molecule has 0 spiro atoms. The van der Waals surface area contributed by atoms with E-state index < -0.39 is 0 Å². The van der Waals surface area contributed by atoms with E-state index in [1.807, 2.05) is 36.5 Å². The minimum Gasteiger partial charge on any atom is -0.380 e. The number of hydrogen-bond donors (Lipinski definition) is 2. The summed E-state index contributed by atoms with van der Waals surface area (Å²) in [5, 5.41) is 8.22. The monoisotopic (exact) mass is 353 g/mol. The largest absolute Gasteiger partial charge is 0.380 e. The topological polar surface area (TPSA) is 37.0 Å². The molecule has 0 fully saturated rings. The molecule has 3 aromatic carbocycles. The van der Waals surface area contributed by atoms with Crippen LogP contribution in [0.1, 0.15) is 16.7 Å². The Kier molecular flexibility index (Phi) is 5.42. The van der Waals surface area contributed by atoms with Crippen molar-refractivity contribution >= 4 is 16.6 Å². The summed E-state index contributed by atoms with van der Waals surface area (Å²) in [7, 11) is 0. The fourth-order valence-corrected chi connectivity index (χ4v) is 3.24. The Bertz CT molecular complexity index is 1010. The van der Waals surface area contributed by atoms with Crippen LogP contribution in [0.5, 0.6) is 0 Å². The number of para-hydroxylation sites is 1. The van der Waals surface area contributed by atoms with E-state index in [0.29, 0.717) is 0 Å². The lowest BCUT2D eigenvalue weighted by Gasteiger charge is -2.11. The van der Waals surface area contributed by atoms with Crippen molar-refractivity contribution in [1.82, 2.24) is 10.3 Å². The molecule has 1 heterocycles. The van der Waals surface area contributed by atoms with Crippen molar-refractivity contribution in [3.8, 4) is 0 Å². The fraction of sp³-hybridized carbons (Fsp3) is 0.125. The molecule has 2 N–H and O–H groups in total. The summed E-state index contributed by atoms with van der Waals surface area (Å²) in [5.41, 5.74) is 6.01. The van der Waals surface area contributed by atoms with Crippen molar-refractivity contribution < 1.29 is 0 Å². The van der Waals surface area contributed by atoms with Crippen LogP contribution in [0, 0.1) is 0 Å². The summed E-state index contributed by atoms with van der Waals surface area (Å²) in [6, 6.07) is 29.5. The van der Waals surface area contributed by atoms with Crippen LogP contribution in [0.15, 0.2) is 91.1 Å². The van der Waals surface area contributed by atoms with Crippen molar-refractivity contribution in [2.45, 2.75) is 19.6 Å². The maximum atomic E-state index is 4.42. The number of aromatic nitrogens is 1. The van der Waals surface area contributed by atoms with Gasteiger partial charge in [-0.25, -0.2) is 0 Å². The summed E-state index contributed by atoms with van der Waals surface area (Å²) < 4.78 is 0. The Morgan fingerprint density at radius 2 is 1.33 bits per heavy atom. The molecule has 27 heavy (non-hydrogen) atoms. The predicted octanol–water partition coefficient (Wildman–Crippen LogP) is 5.14. The molecule has 3 nitrogen and oxygen atoms in total. The highest BCUT2D eigenvalue weighted by molar-refractivity contribution is 5.90. The molecule has 4 aromatic rings. The molecule has 0 amide bonds. The lowest BCUT2D eigenvalue weighted by Crippen LogP contribution is -2.12. The summed E-state index contributed by atoms with van der Waals surface area (Å²) in [5.74, 6) is 0. The van der Waals surface area contributed by atoms with Crippen LogP contribution in [0.3, 0.4) is 0 Å². The van der Waals surface area contributed by atoms with Crippen molar-refractivity contribution in [2.75, 3.05) is 5.32 Å². The van der Waals surface area contributed by atoms with Gasteiger partial charge in [0.25, 0.3) is 0 Å². The number of hydrogen-bond acceptors (Lipinski definition) is 3. The molecule has 0 atom stereocenters. The second-order valence-corrected chi connectivity index (χ2v) is 6.64. The zero-order chi connectivity index (χ0) is 18.3. The van der Waals surface area contributed by atoms with E-state index in [9.17, 15) is 0 Å². The molecule has 4 rings (SSSR count). The number of nitrogens with one attached hydrogen (secondary N) is 2. The molecule has 1 aromatic heterocycles. The standard InChI is InChI=1S/C24H23N3/c1-2-7-19(8-3-1)16-25-17-20-9-6-10-21(15-20)18-27-24-13-14-26-23-12-5-4-11-22(23)24/h1-15,25H,16-18H2,(H,26,27). The Morgan fingerprint density at radius 3 is 2.22 bits per heavy atom. The van der Waals surface area contributed by atoms with Crippen LogP contribution < -0.4 is 10.6 Å². The maximum absolute atomic E-state index is 4.42. The molecule has 0 aliphatic carbocycles. The third kappa shape index (κ3) is 4.52. The summed E-state index contributed by atoms with van der Waals surface area (Å²) in [6.45, 7) is 2.54. The Hall–Kier alpha value is -3.17. The van der Waals surface area contributed by atoms with Crippen LogP contribution in [-0.2, 0) is 19.6 Å². The molecule has 0 radical (unpaired) electrons. The average Bonchev–Trinajstić information content (AvgIpc) is 2.73. The first-order valence-electron chi connectivity index (χ1n) is 9.28. The third-order valence-corrected chi connectivity index (χ3v) is 4.62. The van der Waals surface area contributed by atoms with Crippen LogP contribution in [0.4, 0.5) is 5.69 Å². The highest BCUT2D eigenvalue weighted by atomic mass is 14.9. The zero-order valence-corrected chi connectivity index (χ0v) is 15.2. The number of pyridine rings is 1. The fourth-order valence-electron chi connectivity index (χ4n) is 3.24. The van der Waals surface area contributed by atoms with E-state index in [1.54, 1.807) is 0 Å². The summed E-state index contributed by atoms with van der Waals surface area (Å²) in [4.78, 5) is 4.42. The van der Waals surface area contributed by atoms with Gasteiger partial charge in [-0.05, 0) is 28.8 Å². The maximum Gasteiger partial charge on any atom is 0.0722 e. The number of benzene rings is 3. The van der Waals surface area contributed by atoms with Gasteiger partial charge in [-0.3, -0.25) is 4.98 Å². The predicted molar refractivity (Wildman–Crippen MR) is 112 cm³/mol. The van der Waals surface area contributed by atoms with Gasteiger partial charge in [0, 0.05) is 36.9 Å². The van der Waals surface area contributed by atoms with Crippen LogP contribution in [-0.4, -0.2) is 4.98 Å². The van der Waals surface area contributed by atoms with Gasteiger partial charge >= 0.3 is 0 Å². The van der Waals surface area contributed by atoms with Crippen molar-refractivity contribution in [2.24, 2.45) is 0 Å². The lowest BCUT2D eigenvalue weighted by molar-refractivity contribution is 0.693. The molecule has 0 saturated heterocycles. The van der Waals surface area contributed by atoms with E-state index >= 15 is 0 Å². The second kappa shape index (κ2) is 8.47. The van der Waals surface area contributed by atoms with Gasteiger partial charge in [0.2, 0.25) is 0 Å². The normalized spacial score (nSPS) is 10.8. The minimum atomic E-state index is 0.792. The molecular weight excluding hydrogens is 330 g/mol. The Balaban J connectivity index is 1.37. The Morgan fingerprint density at radius 1 is 0.630 bits per heavy atom. The van der Waals surface area contributed by atoms with Gasteiger partial charge in [0.15, 0.2) is 0 Å². The zero-order valence-electron chi connectivity index (χ0n) is 15.2. The molecule has 0 saturated carbocycles. The van der Waals surface area contributed by atoms with Crippen LogP contribution in [0.25, 0.3) is 10.9 Å². The van der Waals surface area contributed by atoms with Crippen molar-refractivity contribution in [3.63, 3.8) is 0 Å². The molecule has 0 aliphatic rings. The van der Waals surface area contributed by atoms with Gasteiger partial charge in [-0.1, -0.05) is 72.8 Å². The molecule has 3 heteroatoms. The SMILES string of the molecule is c1ccc(CNCc2cccc(CNc3ccnc4ccccc34)c2)cc1. The molecule has 134 valence electrons. The van der Waals surface area contributed by atoms with Gasteiger partial charge in [0.05, 0.1) is 5.52 Å². The quantitative estimate of drug-likeness (QED) is 0.483. The molecule has 0 unspecified atom stereocenters. The highest BCUT2D eigenvalue weighted by Gasteiger charge is 2.02. The number of rotatable bonds is 7. The lowest BCUT2D eigenvalue weighted by atomic mass is 10.1. The summed E-state index contributed by atoms with van der Waals surface area (Å²) in [6.07, 6.45) is 1.86. The number of nitrogens with zero attached hydrogens (tertiary/aromatic N) is 1. The average molecular weight is 353 g/mol. The first kappa shape index (κ1) is 17.3. The van der Waals surface area contributed by atoms with Gasteiger partial charge < -0.3 is 10.6 Å². The van der Waals surface area contributed by atoms with E-state index in [1.165, 1.54) is 16.7 Å². The smallest absolute Gasteiger partial charge is 0.0722 e. The first-order chi connectivity index (χ1) is 13.4. The highest BCUT2D eigenvalue weighted by Crippen LogP contribution is 2.21. The minimum absolute atomic E-state index is 0.792. The Labute approximate surface area is 160 Å². The van der Waals surface area contributed by atoms with Gasteiger partial charge in [-0.2, -0.15) is 0 Å². The molecule has 0 aliphatic heterocycles. The number of fused-ring (bicyclic) bond motifs is 1. The number of anilines is 1. The van der Waals surface area contributed by atoms with Crippen molar-refractivity contribution in [3.05, 3.63) is 108 Å². The molecular formula is C24H23N3. The van der Waals surface area contributed by atoms with Crippen molar-refractivity contribution in [1.29, 1.82) is 0 Å². The van der Waals surface area contributed by atoms with Gasteiger partial charge in [0.1, 0.15) is 0 Å². The second-order valence-electron chi connectivity index (χ2n) is 6.64. The van der Waals surface area contributed by atoms with E-state index in [2.05, 4.69) is 70.2 Å². The summed E-state index contributed by atoms with van der Waals surface area (Å²) >= 11 is 0. The van der Waals surface area contributed by atoms with E-state index in [4.69, 9.17) is 0 Å². The van der Waals surface area contributed by atoms with E-state index in [-0.39, 0.29) is 0 Å². The third-order valence-electron chi connectivity index (χ3n) is 4.62. The molecule has 0 bridgehead atoms. The first-order valence-corrected chi connectivity index (χ1v) is 9.28. The van der Waals surface area contributed by atoms with Crippen LogP contribution >= 0.6 is 0 Å².